The largest absolute Gasteiger partial charge is 0.487 e. The van der Waals surface area contributed by atoms with Gasteiger partial charge >= 0.3 is 12.1 Å². The molecule has 10 heteroatoms. The highest BCUT2D eigenvalue weighted by molar-refractivity contribution is 5.99. The van der Waals surface area contributed by atoms with E-state index < -0.39 is 47.3 Å². The van der Waals surface area contributed by atoms with E-state index in [4.69, 9.17) is 9.84 Å². The lowest BCUT2D eigenvalue weighted by atomic mass is 9.75. The van der Waals surface area contributed by atoms with Crippen molar-refractivity contribution in [2.45, 2.75) is 50.7 Å². The van der Waals surface area contributed by atoms with Crippen molar-refractivity contribution in [2.75, 3.05) is 13.2 Å². The van der Waals surface area contributed by atoms with Crippen LogP contribution in [0.5, 0.6) is 5.75 Å². The van der Waals surface area contributed by atoms with Gasteiger partial charge in [0.1, 0.15) is 12.1 Å². The average Bonchev–Trinajstić information content (AvgIpc) is 2.82. The van der Waals surface area contributed by atoms with E-state index in [1.165, 1.54) is 6.07 Å². The number of alkyl halides is 3. The van der Waals surface area contributed by atoms with Crippen LogP contribution in [0.15, 0.2) is 36.4 Å². The molecular formula is C25H27F4NO5. The van der Waals surface area contributed by atoms with E-state index in [1.54, 1.807) is 0 Å². The Kier molecular flexibility index (Phi) is 8.04. The van der Waals surface area contributed by atoms with Gasteiger partial charge in [-0.3, -0.25) is 4.79 Å². The van der Waals surface area contributed by atoms with Gasteiger partial charge in [-0.25, -0.2) is 9.18 Å². The summed E-state index contributed by atoms with van der Waals surface area (Å²) < 4.78 is 60.0. The molecule has 0 heterocycles. The molecule has 0 aliphatic heterocycles. The number of benzene rings is 2. The first kappa shape index (κ1) is 26.5. The SMILES string of the molecule is CC[C@H]1CC[C@](NC(=O)c2cc(F)c(OCCO)c(-c3cccc(C(F)(F)F)c3)c2)(C(=O)O)CC1. The second kappa shape index (κ2) is 10.6. The molecule has 1 aliphatic carbocycles. The lowest BCUT2D eigenvalue weighted by Crippen LogP contribution is -2.56. The number of nitrogens with one attached hydrogen (secondary N) is 1. The first-order chi connectivity index (χ1) is 16.5. The molecule has 0 saturated heterocycles. The Morgan fingerprint density at radius 2 is 1.86 bits per heavy atom. The molecule has 2 aromatic carbocycles. The fraction of sp³-hybridized carbons (Fsp3) is 0.440. The number of hydrogen-bond donors (Lipinski definition) is 3. The molecule has 2 aromatic rings. The minimum Gasteiger partial charge on any atom is -0.487 e. The number of aliphatic hydroxyl groups excluding tert-OH is 1. The highest BCUT2D eigenvalue weighted by Crippen LogP contribution is 2.38. The van der Waals surface area contributed by atoms with Gasteiger partial charge in [-0.05, 0) is 61.4 Å². The van der Waals surface area contributed by atoms with Gasteiger partial charge in [-0.15, -0.1) is 0 Å². The second-order valence-electron chi connectivity index (χ2n) is 8.68. The molecule has 0 unspecified atom stereocenters. The number of aliphatic hydroxyl groups is 1. The maximum absolute atomic E-state index is 15.0. The Hall–Kier alpha value is -3.14. The zero-order valence-corrected chi connectivity index (χ0v) is 19.1. The summed E-state index contributed by atoms with van der Waals surface area (Å²) in [6.07, 6.45) is -2.10. The number of aliphatic carboxylic acids is 1. The van der Waals surface area contributed by atoms with E-state index in [1.807, 2.05) is 6.92 Å². The summed E-state index contributed by atoms with van der Waals surface area (Å²) in [6.45, 7) is 1.22. The summed E-state index contributed by atoms with van der Waals surface area (Å²) >= 11 is 0. The van der Waals surface area contributed by atoms with Crippen LogP contribution in [-0.4, -0.2) is 40.8 Å². The number of carboxylic acid groups (broad SMARTS) is 1. The van der Waals surface area contributed by atoms with Crippen LogP contribution in [0.1, 0.15) is 54.9 Å². The van der Waals surface area contributed by atoms with Gasteiger partial charge in [0.2, 0.25) is 0 Å². The maximum atomic E-state index is 15.0. The molecule has 0 atom stereocenters. The van der Waals surface area contributed by atoms with Crippen LogP contribution in [0.3, 0.4) is 0 Å². The Morgan fingerprint density at radius 1 is 1.17 bits per heavy atom. The number of halogens is 4. The molecule has 190 valence electrons. The quantitative estimate of drug-likeness (QED) is 0.445. The Balaban J connectivity index is 2.01. The monoisotopic (exact) mass is 497 g/mol. The molecular weight excluding hydrogens is 470 g/mol. The van der Waals surface area contributed by atoms with E-state index >= 15 is 4.39 Å². The van der Waals surface area contributed by atoms with Crippen LogP contribution >= 0.6 is 0 Å². The van der Waals surface area contributed by atoms with Gasteiger partial charge in [0.15, 0.2) is 11.6 Å². The third kappa shape index (κ3) is 5.93. The molecule has 0 spiro atoms. The maximum Gasteiger partial charge on any atom is 0.416 e. The van der Waals surface area contributed by atoms with Crippen LogP contribution in [0.4, 0.5) is 17.6 Å². The van der Waals surface area contributed by atoms with E-state index in [-0.39, 0.29) is 36.1 Å². The molecule has 35 heavy (non-hydrogen) atoms. The van der Waals surface area contributed by atoms with Gasteiger partial charge < -0.3 is 20.3 Å². The number of carboxylic acids is 1. The minimum atomic E-state index is -4.65. The van der Waals surface area contributed by atoms with Crippen LogP contribution in [-0.2, 0) is 11.0 Å². The predicted octanol–water partition coefficient (Wildman–Crippen LogP) is 5.04. The summed E-state index contributed by atoms with van der Waals surface area (Å²) in [6, 6.07) is 6.10. The molecule has 6 nitrogen and oxygen atoms in total. The zero-order chi connectivity index (χ0) is 25.8. The number of hydrogen-bond acceptors (Lipinski definition) is 4. The topological polar surface area (TPSA) is 95.9 Å². The van der Waals surface area contributed by atoms with Crippen molar-refractivity contribution >= 4 is 11.9 Å². The van der Waals surface area contributed by atoms with E-state index in [0.29, 0.717) is 18.8 Å². The number of ether oxygens (including phenoxy) is 1. The van der Waals surface area contributed by atoms with Gasteiger partial charge in [0.05, 0.1) is 12.2 Å². The molecule has 1 fully saturated rings. The highest BCUT2D eigenvalue weighted by atomic mass is 19.4. The van der Waals surface area contributed by atoms with Crippen LogP contribution in [0, 0.1) is 11.7 Å². The molecule has 3 N–H and O–H groups in total. The van der Waals surface area contributed by atoms with Gasteiger partial charge in [-0.1, -0.05) is 25.5 Å². The number of carbonyl (C=O) groups is 2. The molecule has 1 aliphatic rings. The predicted molar refractivity (Wildman–Crippen MR) is 120 cm³/mol. The summed E-state index contributed by atoms with van der Waals surface area (Å²) in [4.78, 5) is 25.1. The van der Waals surface area contributed by atoms with E-state index in [0.717, 1.165) is 36.8 Å². The smallest absolute Gasteiger partial charge is 0.416 e. The first-order valence-electron chi connectivity index (χ1n) is 11.3. The first-order valence-corrected chi connectivity index (χ1v) is 11.3. The van der Waals surface area contributed by atoms with Gasteiger partial charge in [-0.2, -0.15) is 13.2 Å². The molecule has 0 radical (unpaired) electrons. The van der Waals surface area contributed by atoms with Crippen LogP contribution < -0.4 is 10.1 Å². The third-order valence-corrected chi connectivity index (χ3v) is 6.44. The summed E-state index contributed by atoms with van der Waals surface area (Å²) in [7, 11) is 0. The standard InChI is InChI=1S/C25H27F4NO5/c1-2-15-6-8-24(9-7-15,23(33)34)30-22(32)17-13-19(21(20(26)14-17)35-11-10-31)16-4-3-5-18(12-16)25(27,28)29/h3-5,12-15,31H,2,6-11H2,1H3,(H,30,32)(H,33,34)/t15-,24+. The Morgan fingerprint density at radius 3 is 2.43 bits per heavy atom. The van der Waals surface area contributed by atoms with Crippen molar-refractivity contribution in [2.24, 2.45) is 5.92 Å². The van der Waals surface area contributed by atoms with Crippen molar-refractivity contribution in [3.8, 4) is 16.9 Å². The lowest BCUT2D eigenvalue weighted by molar-refractivity contribution is -0.146. The fourth-order valence-electron chi connectivity index (χ4n) is 4.36. The highest BCUT2D eigenvalue weighted by Gasteiger charge is 2.43. The fourth-order valence-corrected chi connectivity index (χ4v) is 4.36. The minimum absolute atomic E-state index is 0.0577. The van der Waals surface area contributed by atoms with Gasteiger partial charge in [0, 0.05) is 11.1 Å². The molecule has 1 saturated carbocycles. The number of amides is 1. The van der Waals surface area contributed by atoms with Crippen molar-refractivity contribution in [3.05, 3.63) is 53.3 Å². The second-order valence-corrected chi connectivity index (χ2v) is 8.68. The lowest BCUT2D eigenvalue weighted by Gasteiger charge is -2.37. The molecule has 0 bridgehead atoms. The van der Waals surface area contributed by atoms with Crippen LogP contribution in [0.25, 0.3) is 11.1 Å². The summed E-state index contributed by atoms with van der Waals surface area (Å²) in [5, 5.41) is 21.4. The Bertz CT molecular complexity index is 1080. The summed E-state index contributed by atoms with van der Waals surface area (Å²) in [5.74, 6) is -3.15. The molecule has 0 aromatic heterocycles. The van der Waals surface area contributed by atoms with Crippen molar-refractivity contribution < 1.29 is 42.1 Å². The normalized spacial score (nSPS) is 20.3. The molecule has 1 amide bonds. The van der Waals surface area contributed by atoms with Crippen molar-refractivity contribution in [1.29, 1.82) is 0 Å². The summed E-state index contributed by atoms with van der Waals surface area (Å²) in [5.41, 5.74) is -2.94. The van der Waals surface area contributed by atoms with Crippen molar-refractivity contribution in [3.63, 3.8) is 0 Å². The van der Waals surface area contributed by atoms with E-state index in [2.05, 4.69) is 5.32 Å². The molecule has 3 rings (SSSR count). The van der Waals surface area contributed by atoms with E-state index in [9.17, 15) is 27.9 Å². The Labute approximate surface area is 199 Å². The average molecular weight is 497 g/mol. The third-order valence-electron chi connectivity index (χ3n) is 6.44. The number of carbonyl (C=O) groups excluding carboxylic acids is 1. The van der Waals surface area contributed by atoms with Crippen molar-refractivity contribution in [1.82, 2.24) is 5.32 Å². The number of rotatable bonds is 8. The van der Waals surface area contributed by atoms with Crippen LogP contribution in [0.2, 0.25) is 0 Å². The van der Waals surface area contributed by atoms with Gasteiger partial charge in [0.25, 0.3) is 5.91 Å². The zero-order valence-electron chi connectivity index (χ0n) is 19.1.